The van der Waals surface area contributed by atoms with Gasteiger partial charge in [-0.25, -0.2) is 13.8 Å². The topological polar surface area (TPSA) is 121 Å². The van der Waals surface area contributed by atoms with Crippen LogP contribution < -0.4 is 10.7 Å². The van der Waals surface area contributed by atoms with Gasteiger partial charge in [0.25, 0.3) is 0 Å². The van der Waals surface area contributed by atoms with Gasteiger partial charge >= 0.3 is 11.8 Å². The van der Waals surface area contributed by atoms with Crippen molar-refractivity contribution in [1.29, 1.82) is 0 Å². The zero-order valence-corrected chi connectivity index (χ0v) is 24.4. The standard InChI is InChI=1S/C29H26Cl2N4O5S/c1-19-3-7-21(8-4-19)17-35(41(38,39)27-11-5-20(2)6-12-27)18-26-10-9-25(40-26)16-32-34-29(37)28(36)33-24-14-22(30)13-23(31)15-24/h3-16H,17-18H2,1-2H3,(H,33,36)(H,34,37)/b32-16+. The Hall–Kier alpha value is -3.96. The molecule has 212 valence electrons. The van der Waals surface area contributed by atoms with Crippen molar-refractivity contribution in [3.8, 4) is 0 Å². The largest absolute Gasteiger partial charge is 0.459 e. The van der Waals surface area contributed by atoms with Crippen LogP contribution in [0.4, 0.5) is 5.69 Å². The second-order valence-electron chi connectivity index (χ2n) is 9.19. The molecule has 4 aromatic rings. The van der Waals surface area contributed by atoms with Gasteiger partial charge in [0.2, 0.25) is 10.0 Å². The Morgan fingerprint density at radius 1 is 0.854 bits per heavy atom. The van der Waals surface area contributed by atoms with Gasteiger partial charge in [0.1, 0.15) is 11.5 Å². The van der Waals surface area contributed by atoms with Gasteiger partial charge < -0.3 is 9.73 Å². The number of carbonyl (C=O) groups is 2. The minimum absolute atomic E-state index is 0.0467. The molecule has 9 nitrogen and oxygen atoms in total. The zero-order valence-electron chi connectivity index (χ0n) is 22.1. The predicted molar refractivity (Wildman–Crippen MR) is 158 cm³/mol. The van der Waals surface area contributed by atoms with Crippen molar-refractivity contribution in [2.45, 2.75) is 31.8 Å². The number of nitrogens with one attached hydrogen (secondary N) is 2. The summed E-state index contributed by atoms with van der Waals surface area (Å²) in [7, 11) is -3.86. The second-order valence-corrected chi connectivity index (χ2v) is 12.0. The van der Waals surface area contributed by atoms with Crippen LogP contribution in [0.5, 0.6) is 0 Å². The first-order chi connectivity index (χ1) is 19.5. The lowest BCUT2D eigenvalue weighted by atomic mass is 10.1. The number of benzene rings is 3. The number of aryl methyl sites for hydroxylation is 2. The highest BCUT2D eigenvalue weighted by Gasteiger charge is 2.26. The smallest absolute Gasteiger partial charge is 0.329 e. The molecule has 0 spiro atoms. The molecule has 41 heavy (non-hydrogen) atoms. The van der Waals surface area contributed by atoms with Crippen molar-refractivity contribution in [3.63, 3.8) is 0 Å². The third-order valence-corrected chi connectivity index (χ3v) is 8.08. The molecule has 12 heteroatoms. The van der Waals surface area contributed by atoms with Gasteiger partial charge in [0, 0.05) is 22.3 Å². The molecular formula is C29H26Cl2N4O5S. The molecule has 3 aromatic carbocycles. The van der Waals surface area contributed by atoms with E-state index in [0.717, 1.165) is 16.7 Å². The quantitative estimate of drug-likeness (QED) is 0.143. The predicted octanol–water partition coefficient (Wildman–Crippen LogP) is 5.68. The summed E-state index contributed by atoms with van der Waals surface area (Å²) in [5.74, 6) is -1.41. The minimum atomic E-state index is -3.86. The van der Waals surface area contributed by atoms with Gasteiger partial charge in [0.15, 0.2) is 0 Å². The average molecular weight is 614 g/mol. The van der Waals surface area contributed by atoms with Gasteiger partial charge in [-0.2, -0.15) is 9.41 Å². The molecule has 0 radical (unpaired) electrons. The average Bonchev–Trinajstić information content (AvgIpc) is 3.36. The van der Waals surface area contributed by atoms with E-state index in [-0.39, 0.29) is 29.4 Å². The van der Waals surface area contributed by atoms with Crippen molar-refractivity contribution in [2.24, 2.45) is 5.10 Å². The Bertz CT molecular complexity index is 1660. The SMILES string of the molecule is Cc1ccc(CN(Cc2ccc(/C=N/NC(=O)C(=O)Nc3cc(Cl)cc(Cl)c3)o2)S(=O)(=O)c2ccc(C)cc2)cc1. The molecule has 0 aliphatic carbocycles. The number of furan rings is 1. The molecule has 4 rings (SSSR count). The molecule has 1 heterocycles. The number of sulfonamides is 1. The molecule has 2 N–H and O–H groups in total. The number of amides is 2. The molecule has 1 aromatic heterocycles. The van der Waals surface area contributed by atoms with Crippen LogP contribution in [-0.4, -0.2) is 30.8 Å². The molecular weight excluding hydrogens is 587 g/mol. The summed E-state index contributed by atoms with van der Waals surface area (Å²) in [5.41, 5.74) is 5.18. The van der Waals surface area contributed by atoms with Crippen LogP contribution in [0.3, 0.4) is 0 Å². The highest BCUT2D eigenvalue weighted by atomic mass is 35.5. The summed E-state index contributed by atoms with van der Waals surface area (Å²) in [6.07, 6.45) is 1.20. The van der Waals surface area contributed by atoms with E-state index in [1.807, 2.05) is 38.1 Å². The highest BCUT2D eigenvalue weighted by Crippen LogP contribution is 2.24. The fourth-order valence-electron chi connectivity index (χ4n) is 3.72. The molecule has 0 bridgehead atoms. The van der Waals surface area contributed by atoms with Crippen molar-refractivity contribution in [1.82, 2.24) is 9.73 Å². The summed E-state index contributed by atoms with van der Waals surface area (Å²) in [6, 6.07) is 21.8. The third kappa shape index (κ3) is 8.27. The van der Waals surface area contributed by atoms with Crippen LogP contribution in [-0.2, 0) is 32.7 Å². The Labute approximate surface area is 247 Å². The number of halogens is 2. The van der Waals surface area contributed by atoms with Crippen LogP contribution in [0.2, 0.25) is 10.0 Å². The summed E-state index contributed by atoms with van der Waals surface area (Å²) in [6.45, 7) is 3.93. The maximum atomic E-state index is 13.6. The Kier molecular flexibility index (Phi) is 9.61. The molecule has 0 unspecified atom stereocenters. The number of anilines is 1. The second kappa shape index (κ2) is 13.1. The van der Waals surface area contributed by atoms with E-state index in [1.165, 1.54) is 28.7 Å². The maximum Gasteiger partial charge on any atom is 0.329 e. The molecule has 0 saturated carbocycles. The van der Waals surface area contributed by atoms with E-state index in [1.54, 1.807) is 36.4 Å². The Balaban J connectivity index is 1.44. The van der Waals surface area contributed by atoms with Crippen molar-refractivity contribution in [3.05, 3.63) is 117 Å². The van der Waals surface area contributed by atoms with Gasteiger partial charge in [0.05, 0.1) is 17.7 Å². The monoisotopic (exact) mass is 612 g/mol. The van der Waals surface area contributed by atoms with Gasteiger partial charge in [-0.3, -0.25) is 9.59 Å². The van der Waals surface area contributed by atoms with Crippen LogP contribution in [0.1, 0.15) is 28.2 Å². The van der Waals surface area contributed by atoms with E-state index in [4.69, 9.17) is 27.6 Å². The first kappa shape index (κ1) is 30.0. The normalized spacial score (nSPS) is 11.6. The van der Waals surface area contributed by atoms with Crippen molar-refractivity contribution >= 4 is 56.9 Å². The van der Waals surface area contributed by atoms with E-state index in [2.05, 4.69) is 15.8 Å². The number of nitrogens with zero attached hydrogens (tertiary/aromatic N) is 2. The van der Waals surface area contributed by atoms with Crippen molar-refractivity contribution in [2.75, 3.05) is 5.32 Å². The molecule has 0 fully saturated rings. The van der Waals surface area contributed by atoms with E-state index >= 15 is 0 Å². The van der Waals surface area contributed by atoms with Gasteiger partial charge in [-0.1, -0.05) is 70.7 Å². The van der Waals surface area contributed by atoms with Gasteiger partial charge in [-0.05, 0) is 61.9 Å². The first-order valence-corrected chi connectivity index (χ1v) is 14.5. The summed E-state index contributed by atoms with van der Waals surface area (Å²) in [4.78, 5) is 24.4. The van der Waals surface area contributed by atoms with Crippen LogP contribution in [0, 0.1) is 13.8 Å². The fraction of sp³-hybridized carbons (Fsp3) is 0.138. The Morgan fingerprint density at radius 2 is 1.46 bits per heavy atom. The van der Waals surface area contributed by atoms with Crippen molar-refractivity contribution < 1.29 is 22.4 Å². The van der Waals surface area contributed by atoms with E-state index in [0.29, 0.717) is 15.8 Å². The summed E-state index contributed by atoms with van der Waals surface area (Å²) < 4.78 is 34.2. The number of hydrogen-bond acceptors (Lipinski definition) is 6. The molecule has 0 saturated heterocycles. The molecule has 0 aliphatic rings. The van der Waals surface area contributed by atoms with Crippen LogP contribution >= 0.6 is 23.2 Å². The van der Waals surface area contributed by atoms with Crippen LogP contribution in [0.25, 0.3) is 0 Å². The number of hydrogen-bond donors (Lipinski definition) is 2. The summed E-state index contributed by atoms with van der Waals surface area (Å²) in [5, 5.41) is 6.71. The molecule has 0 aliphatic heterocycles. The lowest BCUT2D eigenvalue weighted by molar-refractivity contribution is -0.136. The first-order valence-electron chi connectivity index (χ1n) is 12.3. The maximum absolute atomic E-state index is 13.6. The van der Waals surface area contributed by atoms with Gasteiger partial charge in [-0.15, -0.1) is 0 Å². The number of hydrazone groups is 1. The van der Waals surface area contributed by atoms with E-state index in [9.17, 15) is 18.0 Å². The molecule has 2 amide bonds. The molecule has 0 atom stereocenters. The third-order valence-electron chi connectivity index (χ3n) is 5.84. The fourth-order valence-corrected chi connectivity index (χ4v) is 5.64. The highest BCUT2D eigenvalue weighted by molar-refractivity contribution is 7.89. The number of rotatable bonds is 9. The van der Waals surface area contributed by atoms with E-state index < -0.39 is 21.8 Å². The minimum Gasteiger partial charge on any atom is -0.459 e. The zero-order chi connectivity index (χ0) is 29.6. The van der Waals surface area contributed by atoms with Crippen LogP contribution in [0.15, 0.2) is 93.3 Å². The lowest BCUT2D eigenvalue weighted by Crippen LogP contribution is -2.32. The lowest BCUT2D eigenvalue weighted by Gasteiger charge is -2.21. The Morgan fingerprint density at radius 3 is 2.10 bits per heavy atom. The number of carbonyl (C=O) groups excluding carboxylic acids is 2. The summed E-state index contributed by atoms with van der Waals surface area (Å²) >= 11 is 11.8.